The van der Waals surface area contributed by atoms with Crippen LogP contribution in [0.4, 0.5) is 0 Å². The van der Waals surface area contributed by atoms with Crippen molar-refractivity contribution in [3.05, 3.63) is 29.0 Å². The summed E-state index contributed by atoms with van der Waals surface area (Å²) in [5, 5.41) is 3.81. The first-order valence-corrected chi connectivity index (χ1v) is 9.10. The monoisotopic (exact) mass is 382 g/mol. The number of carbonyl (C=O) groups excluding carboxylic acids is 1. The molecule has 1 N–H and O–H groups in total. The van der Waals surface area contributed by atoms with Crippen LogP contribution >= 0.6 is 24.0 Å². The molecule has 1 aromatic heterocycles. The number of nitrogens with zero attached hydrogens (tertiary/aromatic N) is 3. The molecule has 1 aromatic carbocycles. The molecular weight excluding hydrogens is 359 g/mol. The first-order valence-electron chi connectivity index (χ1n) is 8.72. The maximum absolute atomic E-state index is 12.9. The number of carbonyl (C=O) groups is 1. The van der Waals surface area contributed by atoms with Gasteiger partial charge in [-0.25, -0.2) is 4.98 Å². The van der Waals surface area contributed by atoms with Gasteiger partial charge in [-0.05, 0) is 57.8 Å². The zero-order valence-corrected chi connectivity index (χ0v) is 16.1. The van der Waals surface area contributed by atoms with E-state index in [4.69, 9.17) is 11.6 Å². The van der Waals surface area contributed by atoms with E-state index in [2.05, 4.69) is 29.0 Å². The minimum atomic E-state index is -0.0599. The van der Waals surface area contributed by atoms with Gasteiger partial charge in [0.05, 0.1) is 17.4 Å². The Bertz CT molecular complexity index is 781. The smallest absolute Gasteiger partial charge is 0.253 e. The summed E-state index contributed by atoms with van der Waals surface area (Å²) in [5.74, 6) is 0.539. The van der Waals surface area contributed by atoms with E-state index in [9.17, 15) is 4.79 Å². The highest BCUT2D eigenvalue weighted by atomic mass is 35.5. The standard InChI is InChI=1S/C18H23ClN4O.ClH/c1-11(2)23-10-20-17-14(7-13(19)8-16(17)23)18(24)21-15-9-22-5-3-12(15)4-6-22;/h7-8,10-12,15H,3-6,9H2,1-2H3,(H,21,24);1H/t15-;/m0./s1. The summed E-state index contributed by atoms with van der Waals surface area (Å²) in [6.45, 7) is 7.47. The van der Waals surface area contributed by atoms with Crippen LogP contribution < -0.4 is 5.32 Å². The molecule has 7 heteroatoms. The van der Waals surface area contributed by atoms with Gasteiger partial charge in [0.1, 0.15) is 5.52 Å². The van der Waals surface area contributed by atoms with E-state index >= 15 is 0 Å². The van der Waals surface area contributed by atoms with E-state index in [0.29, 0.717) is 16.5 Å². The van der Waals surface area contributed by atoms with Crippen LogP contribution in [0.5, 0.6) is 0 Å². The highest BCUT2D eigenvalue weighted by Crippen LogP contribution is 2.29. The van der Waals surface area contributed by atoms with Crippen molar-refractivity contribution >= 4 is 40.9 Å². The van der Waals surface area contributed by atoms with E-state index in [1.807, 2.05) is 10.6 Å². The van der Waals surface area contributed by atoms with Crippen molar-refractivity contribution in [2.75, 3.05) is 19.6 Å². The summed E-state index contributed by atoms with van der Waals surface area (Å²) in [4.78, 5) is 19.8. The molecule has 0 aliphatic carbocycles. The molecule has 5 nitrogen and oxygen atoms in total. The summed E-state index contributed by atoms with van der Waals surface area (Å²) in [6.07, 6.45) is 4.15. The van der Waals surface area contributed by atoms with Crippen molar-refractivity contribution in [1.82, 2.24) is 19.8 Å². The van der Waals surface area contributed by atoms with Crippen LogP contribution in [0.2, 0.25) is 5.02 Å². The highest BCUT2D eigenvalue weighted by molar-refractivity contribution is 6.32. The molecule has 3 aliphatic heterocycles. The number of imidazole rings is 1. The average Bonchev–Trinajstić information content (AvgIpc) is 2.99. The largest absolute Gasteiger partial charge is 0.348 e. The molecule has 3 fully saturated rings. The molecule has 4 heterocycles. The summed E-state index contributed by atoms with van der Waals surface area (Å²) in [5.41, 5.74) is 2.22. The molecule has 1 atom stereocenters. The van der Waals surface area contributed by atoms with Crippen LogP contribution in [-0.2, 0) is 0 Å². The lowest BCUT2D eigenvalue weighted by Gasteiger charge is -2.44. The van der Waals surface area contributed by atoms with Crippen molar-refractivity contribution in [3.63, 3.8) is 0 Å². The minimum Gasteiger partial charge on any atom is -0.348 e. The van der Waals surface area contributed by atoms with E-state index in [-0.39, 0.29) is 30.4 Å². The quantitative estimate of drug-likeness (QED) is 0.883. The van der Waals surface area contributed by atoms with Gasteiger partial charge in [-0.1, -0.05) is 11.6 Å². The number of amides is 1. The fourth-order valence-corrected chi connectivity index (χ4v) is 4.27. The number of halogens is 2. The fourth-order valence-electron chi connectivity index (χ4n) is 4.06. The highest BCUT2D eigenvalue weighted by Gasteiger charge is 2.35. The molecule has 5 rings (SSSR count). The van der Waals surface area contributed by atoms with Gasteiger partial charge < -0.3 is 14.8 Å². The van der Waals surface area contributed by atoms with Crippen LogP contribution in [0.1, 0.15) is 43.1 Å². The SMILES string of the molecule is CC(C)n1cnc2c(C(=O)N[C@H]3CN4CCC3CC4)cc(Cl)cc21.Cl. The molecule has 136 valence electrons. The zero-order valence-electron chi connectivity index (χ0n) is 14.5. The number of fused-ring (bicyclic) bond motifs is 4. The zero-order chi connectivity index (χ0) is 16.8. The van der Waals surface area contributed by atoms with Gasteiger partial charge in [-0.15, -0.1) is 12.4 Å². The van der Waals surface area contributed by atoms with Crippen LogP contribution in [0, 0.1) is 5.92 Å². The predicted molar refractivity (Wildman–Crippen MR) is 103 cm³/mol. The Kier molecular flexibility index (Phi) is 5.28. The number of hydrogen-bond acceptors (Lipinski definition) is 3. The van der Waals surface area contributed by atoms with Gasteiger partial charge in [0, 0.05) is 23.7 Å². The third kappa shape index (κ3) is 3.37. The Hall–Kier alpha value is -1.30. The second-order valence-electron chi connectivity index (χ2n) is 7.28. The minimum absolute atomic E-state index is 0. The first-order chi connectivity index (χ1) is 11.5. The Morgan fingerprint density at radius 3 is 2.64 bits per heavy atom. The molecule has 3 saturated heterocycles. The van der Waals surface area contributed by atoms with Gasteiger partial charge in [-0.2, -0.15) is 0 Å². The van der Waals surface area contributed by atoms with E-state index in [0.717, 1.165) is 30.7 Å². The molecule has 25 heavy (non-hydrogen) atoms. The number of aromatic nitrogens is 2. The molecule has 1 amide bonds. The summed E-state index contributed by atoms with van der Waals surface area (Å²) in [6, 6.07) is 4.13. The maximum Gasteiger partial charge on any atom is 0.253 e. The van der Waals surface area contributed by atoms with E-state index < -0.39 is 0 Å². The summed E-state index contributed by atoms with van der Waals surface area (Å²) >= 11 is 6.28. The normalized spacial score (nSPS) is 25.2. The lowest BCUT2D eigenvalue weighted by molar-refractivity contribution is 0.0621. The molecule has 2 aromatic rings. The van der Waals surface area contributed by atoms with E-state index in [1.54, 1.807) is 12.4 Å². The van der Waals surface area contributed by atoms with Gasteiger partial charge in [-0.3, -0.25) is 4.79 Å². The Morgan fingerprint density at radius 2 is 2.04 bits per heavy atom. The third-order valence-corrected chi connectivity index (χ3v) is 5.64. The number of nitrogens with one attached hydrogen (secondary N) is 1. The predicted octanol–water partition coefficient (Wildman–Crippen LogP) is 3.52. The molecule has 0 radical (unpaired) electrons. The lowest BCUT2D eigenvalue weighted by Crippen LogP contribution is -2.57. The summed E-state index contributed by atoms with van der Waals surface area (Å²) < 4.78 is 2.05. The van der Waals surface area contributed by atoms with Crippen LogP contribution in [0.25, 0.3) is 11.0 Å². The Labute approximate surface area is 159 Å². The maximum atomic E-state index is 12.9. The fraction of sp³-hybridized carbons (Fsp3) is 0.556. The molecule has 0 saturated carbocycles. The third-order valence-electron chi connectivity index (χ3n) is 5.42. The second-order valence-corrected chi connectivity index (χ2v) is 7.72. The van der Waals surface area contributed by atoms with Gasteiger partial charge in [0.25, 0.3) is 5.91 Å². The van der Waals surface area contributed by atoms with Gasteiger partial charge in [0.15, 0.2) is 0 Å². The van der Waals surface area contributed by atoms with E-state index in [1.165, 1.54) is 12.8 Å². The summed E-state index contributed by atoms with van der Waals surface area (Å²) in [7, 11) is 0. The van der Waals surface area contributed by atoms with Crippen LogP contribution in [0.15, 0.2) is 18.5 Å². The van der Waals surface area contributed by atoms with Crippen molar-refractivity contribution in [2.45, 2.75) is 38.8 Å². The molecule has 3 aliphatic rings. The number of rotatable bonds is 3. The Morgan fingerprint density at radius 1 is 1.32 bits per heavy atom. The van der Waals surface area contributed by atoms with Crippen LogP contribution in [-0.4, -0.2) is 46.0 Å². The number of piperidine rings is 3. The second kappa shape index (κ2) is 7.14. The average molecular weight is 383 g/mol. The number of hydrogen-bond donors (Lipinski definition) is 1. The van der Waals surface area contributed by atoms with Crippen molar-refractivity contribution in [2.24, 2.45) is 5.92 Å². The van der Waals surface area contributed by atoms with Crippen molar-refractivity contribution in [1.29, 1.82) is 0 Å². The Balaban J connectivity index is 0.00000182. The van der Waals surface area contributed by atoms with Gasteiger partial charge in [0.2, 0.25) is 0 Å². The molecule has 2 bridgehead atoms. The first kappa shape index (κ1) is 18.5. The van der Waals surface area contributed by atoms with Crippen LogP contribution in [0.3, 0.4) is 0 Å². The van der Waals surface area contributed by atoms with Gasteiger partial charge >= 0.3 is 0 Å². The molecule has 0 spiro atoms. The molecule has 0 unspecified atom stereocenters. The van der Waals surface area contributed by atoms with Crippen molar-refractivity contribution < 1.29 is 4.79 Å². The number of benzene rings is 1. The molecular formula is C18H24Cl2N4O. The van der Waals surface area contributed by atoms with Crippen molar-refractivity contribution in [3.8, 4) is 0 Å². The topological polar surface area (TPSA) is 50.2 Å². The lowest BCUT2D eigenvalue weighted by atomic mass is 9.84.